The molecule has 2 aromatic carbocycles. The molecule has 0 spiro atoms. The number of nitrogens with zero attached hydrogens (tertiary/aromatic N) is 2. The highest BCUT2D eigenvalue weighted by atomic mass is 32.2. The molecule has 0 aromatic heterocycles. The van der Waals surface area contributed by atoms with Crippen LogP contribution in [0.4, 0.5) is 5.69 Å². The van der Waals surface area contributed by atoms with Gasteiger partial charge in [-0.25, -0.2) is 8.42 Å². The molecule has 0 saturated carbocycles. The van der Waals surface area contributed by atoms with Gasteiger partial charge in [0.15, 0.2) is 0 Å². The SMILES string of the molecule is Cc1ccc(CC(=O)NCCN(c2ccc(C#N)cc2)S(C)(=O)=O)cc1. The number of hydrogen-bond acceptors (Lipinski definition) is 4. The van der Waals surface area contributed by atoms with Crippen LogP contribution in [0.15, 0.2) is 48.5 Å². The van der Waals surface area contributed by atoms with E-state index >= 15 is 0 Å². The van der Waals surface area contributed by atoms with Gasteiger partial charge in [0.05, 0.1) is 36.5 Å². The zero-order valence-corrected chi connectivity index (χ0v) is 15.6. The first-order valence-corrected chi connectivity index (χ1v) is 9.94. The van der Waals surface area contributed by atoms with Crippen molar-refractivity contribution in [2.75, 3.05) is 23.7 Å². The van der Waals surface area contributed by atoms with Crippen LogP contribution in [0, 0.1) is 18.3 Å². The lowest BCUT2D eigenvalue weighted by Crippen LogP contribution is -2.38. The van der Waals surface area contributed by atoms with E-state index in [4.69, 9.17) is 5.26 Å². The molecule has 0 atom stereocenters. The highest BCUT2D eigenvalue weighted by Crippen LogP contribution is 2.17. The Labute approximate surface area is 154 Å². The first-order chi connectivity index (χ1) is 12.3. The lowest BCUT2D eigenvalue weighted by molar-refractivity contribution is -0.120. The minimum absolute atomic E-state index is 0.115. The Morgan fingerprint density at radius 2 is 1.73 bits per heavy atom. The third kappa shape index (κ3) is 5.60. The molecule has 136 valence electrons. The minimum Gasteiger partial charge on any atom is -0.354 e. The molecule has 0 bridgehead atoms. The number of benzene rings is 2. The second kappa shape index (κ2) is 8.50. The molecule has 2 aromatic rings. The largest absolute Gasteiger partial charge is 0.354 e. The fourth-order valence-corrected chi connectivity index (χ4v) is 3.37. The Kier molecular flexibility index (Phi) is 6.36. The molecule has 0 saturated heterocycles. The first-order valence-electron chi connectivity index (χ1n) is 8.10. The van der Waals surface area contributed by atoms with E-state index in [0.717, 1.165) is 17.4 Å². The highest BCUT2D eigenvalue weighted by Gasteiger charge is 2.17. The van der Waals surface area contributed by atoms with E-state index in [9.17, 15) is 13.2 Å². The predicted molar refractivity (Wildman–Crippen MR) is 101 cm³/mol. The van der Waals surface area contributed by atoms with Crippen LogP contribution in [-0.2, 0) is 21.2 Å². The summed E-state index contributed by atoms with van der Waals surface area (Å²) in [5.74, 6) is -0.165. The molecule has 1 N–H and O–H groups in total. The van der Waals surface area contributed by atoms with Crippen molar-refractivity contribution >= 4 is 21.6 Å². The topological polar surface area (TPSA) is 90.3 Å². The summed E-state index contributed by atoms with van der Waals surface area (Å²) in [6, 6.07) is 15.9. The number of nitrogens with one attached hydrogen (secondary N) is 1. The average Bonchev–Trinajstić information content (AvgIpc) is 2.60. The minimum atomic E-state index is -3.50. The fraction of sp³-hybridized carbons (Fsp3) is 0.263. The van der Waals surface area contributed by atoms with E-state index in [-0.39, 0.29) is 25.4 Å². The number of aryl methyl sites for hydroxylation is 1. The number of anilines is 1. The summed E-state index contributed by atoms with van der Waals surface area (Å²) in [6.07, 6.45) is 1.36. The molecule has 0 aliphatic rings. The predicted octanol–water partition coefficient (Wildman–Crippen LogP) is 1.99. The van der Waals surface area contributed by atoms with Crippen LogP contribution in [0.2, 0.25) is 0 Å². The van der Waals surface area contributed by atoms with Gasteiger partial charge in [0.25, 0.3) is 0 Å². The molecule has 0 radical (unpaired) electrons. The molecular weight excluding hydrogens is 350 g/mol. The standard InChI is InChI=1S/C19H21N3O3S/c1-15-3-5-16(6-4-15)13-19(23)21-11-12-22(26(2,24)25)18-9-7-17(14-20)8-10-18/h3-10H,11-13H2,1-2H3,(H,21,23). The zero-order valence-electron chi connectivity index (χ0n) is 14.8. The van der Waals surface area contributed by atoms with E-state index in [0.29, 0.717) is 11.3 Å². The third-order valence-corrected chi connectivity index (χ3v) is 5.00. The van der Waals surface area contributed by atoms with Crippen LogP contribution >= 0.6 is 0 Å². The van der Waals surface area contributed by atoms with Crippen LogP contribution in [0.1, 0.15) is 16.7 Å². The van der Waals surface area contributed by atoms with Crippen LogP contribution in [0.5, 0.6) is 0 Å². The molecule has 2 rings (SSSR count). The van der Waals surface area contributed by atoms with Crippen molar-refractivity contribution < 1.29 is 13.2 Å². The van der Waals surface area contributed by atoms with Gasteiger partial charge in [0, 0.05) is 6.54 Å². The number of nitriles is 1. The van der Waals surface area contributed by atoms with Crippen LogP contribution < -0.4 is 9.62 Å². The summed E-state index contributed by atoms with van der Waals surface area (Å²) in [6.45, 7) is 2.29. The summed E-state index contributed by atoms with van der Waals surface area (Å²) >= 11 is 0. The normalized spacial score (nSPS) is 10.8. The van der Waals surface area contributed by atoms with Gasteiger partial charge in [-0.2, -0.15) is 5.26 Å². The monoisotopic (exact) mass is 371 g/mol. The lowest BCUT2D eigenvalue weighted by atomic mass is 10.1. The summed E-state index contributed by atoms with van der Waals surface area (Å²) in [7, 11) is -3.50. The number of carbonyl (C=O) groups excluding carboxylic acids is 1. The lowest BCUT2D eigenvalue weighted by Gasteiger charge is -2.22. The fourth-order valence-electron chi connectivity index (χ4n) is 2.44. The molecule has 0 aliphatic carbocycles. The Morgan fingerprint density at radius 1 is 1.12 bits per heavy atom. The Hall–Kier alpha value is -2.85. The van der Waals surface area contributed by atoms with Crippen LogP contribution in [-0.4, -0.2) is 33.7 Å². The maximum Gasteiger partial charge on any atom is 0.232 e. The van der Waals surface area contributed by atoms with Gasteiger partial charge in [-0.15, -0.1) is 0 Å². The first kappa shape index (κ1) is 19.5. The van der Waals surface area contributed by atoms with E-state index in [1.807, 2.05) is 37.3 Å². The average molecular weight is 371 g/mol. The van der Waals surface area contributed by atoms with Crippen molar-refractivity contribution in [3.63, 3.8) is 0 Å². The number of hydrogen-bond donors (Lipinski definition) is 1. The van der Waals surface area contributed by atoms with Crippen molar-refractivity contribution in [2.24, 2.45) is 0 Å². The number of sulfonamides is 1. The van der Waals surface area contributed by atoms with E-state index < -0.39 is 10.0 Å². The molecule has 1 amide bonds. The second-order valence-electron chi connectivity index (χ2n) is 6.01. The van der Waals surface area contributed by atoms with Gasteiger partial charge in [0.2, 0.25) is 15.9 Å². The summed E-state index contributed by atoms with van der Waals surface area (Å²) < 4.78 is 25.3. The summed E-state index contributed by atoms with van der Waals surface area (Å²) in [5, 5.41) is 11.6. The van der Waals surface area contributed by atoms with Crippen LogP contribution in [0.25, 0.3) is 0 Å². The molecule has 0 unspecified atom stereocenters. The van der Waals surface area contributed by atoms with Crippen LogP contribution in [0.3, 0.4) is 0 Å². The van der Waals surface area contributed by atoms with Gasteiger partial charge in [-0.1, -0.05) is 29.8 Å². The van der Waals surface area contributed by atoms with Crippen molar-refractivity contribution in [3.8, 4) is 6.07 Å². The Bertz CT molecular complexity index is 899. The maximum atomic E-state index is 12.0. The Morgan fingerprint density at radius 3 is 2.27 bits per heavy atom. The quantitative estimate of drug-likeness (QED) is 0.806. The van der Waals surface area contributed by atoms with E-state index in [2.05, 4.69) is 5.32 Å². The molecule has 26 heavy (non-hydrogen) atoms. The summed E-state index contributed by atoms with van der Waals surface area (Å²) in [4.78, 5) is 12.0. The Balaban J connectivity index is 1.96. The van der Waals surface area contributed by atoms with Gasteiger partial charge in [-0.05, 0) is 36.8 Å². The van der Waals surface area contributed by atoms with E-state index in [1.54, 1.807) is 24.3 Å². The molecule has 6 nitrogen and oxygen atoms in total. The smallest absolute Gasteiger partial charge is 0.232 e. The highest BCUT2D eigenvalue weighted by molar-refractivity contribution is 7.92. The van der Waals surface area contributed by atoms with Crippen molar-refractivity contribution in [2.45, 2.75) is 13.3 Å². The van der Waals surface area contributed by atoms with Crippen molar-refractivity contribution in [1.82, 2.24) is 5.32 Å². The van der Waals surface area contributed by atoms with Gasteiger partial charge < -0.3 is 5.32 Å². The molecule has 7 heteroatoms. The number of amides is 1. The molecule has 0 aliphatic heterocycles. The van der Waals surface area contributed by atoms with Crippen molar-refractivity contribution in [3.05, 3.63) is 65.2 Å². The molecule has 0 fully saturated rings. The number of rotatable bonds is 7. The second-order valence-corrected chi connectivity index (χ2v) is 7.91. The number of carbonyl (C=O) groups is 1. The maximum absolute atomic E-state index is 12.0. The van der Waals surface area contributed by atoms with Crippen molar-refractivity contribution in [1.29, 1.82) is 5.26 Å². The molecule has 0 heterocycles. The molecular formula is C19H21N3O3S. The van der Waals surface area contributed by atoms with E-state index in [1.165, 1.54) is 4.31 Å². The van der Waals surface area contributed by atoms with Gasteiger partial charge in [0.1, 0.15) is 0 Å². The summed E-state index contributed by atoms with van der Waals surface area (Å²) in [5.41, 5.74) is 2.94. The van der Waals surface area contributed by atoms with Gasteiger partial charge in [-0.3, -0.25) is 9.10 Å². The van der Waals surface area contributed by atoms with Gasteiger partial charge >= 0.3 is 0 Å². The zero-order chi connectivity index (χ0) is 19.2. The third-order valence-electron chi connectivity index (χ3n) is 3.81.